The summed E-state index contributed by atoms with van der Waals surface area (Å²) in [6.07, 6.45) is 47.6. The third-order valence-electron chi connectivity index (χ3n) is 11.0. The zero-order valence-electron chi connectivity index (χ0n) is 39.0. The normalized spacial score (nSPS) is 13.8. The molecule has 0 aliphatic carbocycles. The number of carbonyl (C=O) groups is 3. The largest absolute Gasteiger partial charge is 0.480 e. The molecule has 0 aromatic heterocycles. The van der Waals surface area contributed by atoms with E-state index in [1.54, 1.807) is 0 Å². The van der Waals surface area contributed by atoms with Crippen LogP contribution in [-0.2, 0) is 32.7 Å². The lowest BCUT2D eigenvalue weighted by molar-refractivity contribution is -0.147. The minimum atomic E-state index is -4.76. The monoisotopic (exact) mass is 886 g/mol. The SMILES string of the molecule is CCCCC/C=C\C/C=C\CCCCCCCCCCCC(=O)OCC(O)COP(=O)(O)OCC(NC(=O)CCCCCCCCCCCCCCCCCCCC)C(=O)O. The summed E-state index contributed by atoms with van der Waals surface area (Å²) in [4.78, 5) is 46.1. The predicted octanol–water partition coefficient (Wildman–Crippen LogP) is 13.4. The molecule has 0 spiro atoms. The first-order valence-electron chi connectivity index (χ1n) is 24.9. The molecule has 12 heteroatoms. The second-order valence-electron chi connectivity index (χ2n) is 17.0. The average molecular weight is 886 g/mol. The maximum absolute atomic E-state index is 12.3. The minimum absolute atomic E-state index is 0.150. The fraction of sp³-hybridized carbons (Fsp3) is 0.857. The van der Waals surface area contributed by atoms with Crippen LogP contribution in [0.1, 0.15) is 239 Å². The van der Waals surface area contributed by atoms with Gasteiger partial charge in [0.2, 0.25) is 5.91 Å². The number of carbonyl (C=O) groups excluding carboxylic acids is 2. The molecule has 3 unspecified atom stereocenters. The third kappa shape index (κ3) is 44.4. The maximum atomic E-state index is 12.3. The number of hydrogen-bond acceptors (Lipinski definition) is 8. The standard InChI is InChI=1S/C49H92NO10P/c1-3-5-7-9-11-13-15-17-19-21-23-25-27-29-31-33-35-37-39-41-48(53)58-42-45(51)43-59-61(56,57)60-44-46(49(54)55)50-47(52)40-38-36-34-32-30-28-26-24-22-20-18-16-14-12-10-8-6-4-2/h11,13,17,19,45-46,51H,3-10,12,14-16,18,20-44H2,1-2H3,(H,50,52)(H,54,55)(H,56,57)/b13-11-,19-17-. The van der Waals surface area contributed by atoms with Crippen molar-refractivity contribution < 1.29 is 47.8 Å². The van der Waals surface area contributed by atoms with Gasteiger partial charge < -0.3 is 25.2 Å². The molecule has 0 fully saturated rings. The predicted molar refractivity (Wildman–Crippen MR) is 249 cm³/mol. The van der Waals surface area contributed by atoms with E-state index in [-0.39, 0.29) is 12.8 Å². The van der Waals surface area contributed by atoms with E-state index < -0.39 is 57.6 Å². The number of hydrogen-bond donors (Lipinski definition) is 4. The molecule has 0 bridgehead atoms. The zero-order valence-corrected chi connectivity index (χ0v) is 39.9. The fourth-order valence-corrected chi connectivity index (χ4v) is 7.88. The lowest BCUT2D eigenvalue weighted by atomic mass is 10.0. The number of aliphatic carboxylic acids is 1. The molecule has 0 aromatic rings. The Morgan fingerprint density at radius 3 is 1.36 bits per heavy atom. The van der Waals surface area contributed by atoms with Gasteiger partial charge in [-0.2, -0.15) is 0 Å². The molecule has 4 N–H and O–H groups in total. The van der Waals surface area contributed by atoms with Gasteiger partial charge in [-0.1, -0.05) is 205 Å². The van der Waals surface area contributed by atoms with Crippen LogP contribution in [0.2, 0.25) is 0 Å². The molecule has 0 aliphatic rings. The van der Waals surface area contributed by atoms with E-state index >= 15 is 0 Å². The Bertz CT molecular complexity index is 1130. The molecule has 0 rings (SSSR count). The summed E-state index contributed by atoms with van der Waals surface area (Å²) in [6, 6.07) is -1.54. The Morgan fingerprint density at radius 2 is 0.902 bits per heavy atom. The number of aliphatic hydroxyl groups is 1. The Labute approximate surface area is 372 Å². The van der Waals surface area contributed by atoms with E-state index in [1.807, 2.05) is 0 Å². The van der Waals surface area contributed by atoms with Crippen molar-refractivity contribution in [2.75, 3.05) is 19.8 Å². The third-order valence-corrected chi connectivity index (χ3v) is 11.9. The van der Waals surface area contributed by atoms with Crippen LogP contribution in [0.4, 0.5) is 0 Å². The van der Waals surface area contributed by atoms with Gasteiger partial charge in [-0.05, 0) is 44.9 Å². The summed E-state index contributed by atoms with van der Waals surface area (Å²) in [6.45, 7) is 2.60. The molecule has 358 valence electrons. The second kappa shape index (κ2) is 44.6. The lowest BCUT2D eigenvalue weighted by Gasteiger charge is -2.18. The molecule has 0 saturated carbocycles. The Balaban J connectivity index is 3.82. The van der Waals surface area contributed by atoms with Crippen molar-refractivity contribution in [2.24, 2.45) is 0 Å². The number of carboxylic acids is 1. The molecule has 61 heavy (non-hydrogen) atoms. The van der Waals surface area contributed by atoms with Crippen LogP contribution in [0, 0.1) is 0 Å². The van der Waals surface area contributed by atoms with Crippen molar-refractivity contribution in [2.45, 2.75) is 251 Å². The summed E-state index contributed by atoms with van der Waals surface area (Å²) in [7, 11) is -4.76. The number of phosphoric acid groups is 1. The van der Waals surface area contributed by atoms with Crippen molar-refractivity contribution in [3.05, 3.63) is 24.3 Å². The van der Waals surface area contributed by atoms with Crippen LogP contribution in [-0.4, -0.2) is 64.9 Å². The van der Waals surface area contributed by atoms with Gasteiger partial charge in [0.05, 0.1) is 13.2 Å². The first-order chi connectivity index (χ1) is 29.6. The minimum Gasteiger partial charge on any atom is -0.480 e. The number of carboxylic acid groups (broad SMARTS) is 1. The smallest absolute Gasteiger partial charge is 0.472 e. The van der Waals surface area contributed by atoms with E-state index in [4.69, 9.17) is 13.8 Å². The second-order valence-corrected chi connectivity index (χ2v) is 18.5. The molecule has 0 saturated heterocycles. The van der Waals surface area contributed by atoms with E-state index in [0.29, 0.717) is 12.8 Å². The van der Waals surface area contributed by atoms with Gasteiger partial charge in [0.1, 0.15) is 12.7 Å². The van der Waals surface area contributed by atoms with E-state index in [9.17, 15) is 34.1 Å². The maximum Gasteiger partial charge on any atom is 0.472 e. The number of unbranched alkanes of at least 4 members (excludes halogenated alkanes) is 29. The highest BCUT2D eigenvalue weighted by Gasteiger charge is 2.28. The van der Waals surface area contributed by atoms with Crippen molar-refractivity contribution >= 4 is 25.7 Å². The van der Waals surface area contributed by atoms with Gasteiger partial charge in [0, 0.05) is 12.8 Å². The number of aliphatic hydroxyl groups excluding tert-OH is 1. The number of rotatable bonds is 47. The van der Waals surface area contributed by atoms with Crippen LogP contribution in [0.5, 0.6) is 0 Å². The van der Waals surface area contributed by atoms with E-state index in [1.165, 1.54) is 148 Å². The molecule has 1 amide bonds. The van der Waals surface area contributed by atoms with E-state index in [0.717, 1.165) is 51.4 Å². The summed E-state index contributed by atoms with van der Waals surface area (Å²) < 4.78 is 26.9. The van der Waals surface area contributed by atoms with Gasteiger partial charge >= 0.3 is 19.8 Å². The van der Waals surface area contributed by atoms with Crippen molar-refractivity contribution in [1.29, 1.82) is 0 Å². The quantitative estimate of drug-likeness (QED) is 0.0200. The Kier molecular flexibility index (Phi) is 43.1. The molecule has 0 aromatic carbocycles. The first-order valence-corrected chi connectivity index (χ1v) is 26.4. The number of nitrogens with one attached hydrogen (secondary N) is 1. The molecular weight excluding hydrogens is 794 g/mol. The topological polar surface area (TPSA) is 169 Å². The Morgan fingerprint density at radius 1 is 0.525 bits per heavy atom. The summed E-state index contributed by atoms with van der Waals surface area (Å²) in [5.74, 6) is -2.36. The first kappa shape index (κ1) is 59.0. The molecule has 0 radical (unpaired) electrons. The van der Waals surface area contributed by atoms with E-state index in [2.05, 4.69) is 43.5 Å². The van der Waals surface area contributed by atoms with Gasteiger partial charge in [0.15, 0.2) is 6.04 Å². The van der Waals surface area contributed by atoms with Crippen LogP contribution in [0.25, 0.3) is 0 Å². The summed E-state index contributed by atoms with van der Waals surface area (Å²) in [5.41, 5.74) is 0. The van der Waals surface area contributed by atoms with Crippen LogP contribution < -0.4 is 5.32 Å². The highest BCUT2D eigenvalue weighted by Crippen LogP contribution is 2.43. The van der Waals surface area contributed by atoms with Gasteiger partial charge in [-0.3, -0.25) is 18.6 Å². The summed E-state index contributed by atoms with van der Waals surface area (Å²) in [5, 5.41) is 21.9. The van der Waals surface area contributed by atoms with Crippen molar-refractivity contribution in [1.82, 2.24) is 5.32 Å². The van der Waals surface area contributed by atoms with Crippen LogP contribution in [0.15, 0.2) is 24.3 Å². The number of esters is 1. The highest BCUT2D eigenvalue weighted by atomic mass is 31.2. The zero-order chi connectivity index (χ0) is 44.9. The molecular formula is C49H92NO10P. The molecule has 3 atom stereocenters. The van der Waals surface area contributed by atoms with Gasteiger partial charge in [-0.15, -0.1) is 0 Å². The number of amides is 1. The van der Waals surface area contributed by atoms with Gasteiger partial charge in [0.25, 0.3) is 0 Å². The fourth-order valence-electron chi connectivity index (χ4n) is 7.11. The number of phosphoric ester groups is 1. The van der Waals surface area contributed by atoms with Gasteiger partial charge in [-0.25, -0.2) is 9.36 Å². The molecule has 0 heterocycles. The van der Waals surface area contributed by atoms with Crippen molar-refractivity contribution in [3.63, 3.8) is 0 Å². The average Bonchev–Trinajstić information content (AvgIpc) is 3.24. The lowest BCUT2D eigenvalue weighted by Crippen LogP contribution is -2.43. The highest BCUT2D eigenvalue weighted by molar-refractivity contribution is 7.47. The van der Waals surface area contributed by atoms with Crippen molar-refractivity contribution in [3.8, 4) is 0 Å². The van der Waals surface area contributed by atoms with Crippen LogP contribution in [0.3, 0.4) is 0 Å². The molecule has 11 nitrogen and oxygen atoms in total. The number of allylic oxidation sites excluding steroid dienone is 4. The molecule has 0 aliphatic heterocycles. The number of ether oxygens (including phenoxy) is 1. The van der Waals surface area contributed by atoms with Crippen LogP contribution >= 0.6 is 7.82 Å². The summed E-state index contributed by atoms with van der Waals surface area (Å²) >= 11 is 0. The Hall–Kier alpha value is -2.04.